The predicted octanol–water partition coefficient (Wildman–Crippen LogP) is 4.33. The first kappa shape index (κ1) is 15.2. The zero-order valence-electron chi connectivity index (χ0n) is 11.2. The van der Waals surface area contributed by atoms with E-state index in [0.717, 1.165) is 22.8 Å². The zero-order chi connectivity index (χ0) is 14.5. The van der Waals surface area contributed by atoms with Crippen molar-refractivity contribution >= 4 is 23.2 Å². The number of hydrogen-bond acceptors (Lipinski definition) is 2. The van der Waals surface area contributed by atoms with Gasteiger partial charge in [0.2, 0.25) is 0 Å². The molecule has 0 radical (unpaired) electrons. The van der Waals surface area contributed by atoms with Crippen LogP contribution in [0.4, 0.5) is 0 Å². The highest BCUT2D eigenvalue weighted by Gasteiger charge is 2.15. The van der Waals surface area contributed by atoms with Gasteiger partial charge in [0, 0.05) is 16.1 Å². The van der Waals surface area contributed by atoms with E-state index in [1.54, 1.807) is 6.07 Å². The van der Waals surface area contributed by atoms with E-state index in [-0.39, 0.29) is 12.1 Å². The van der Waals surface area contributed by atoms with Gasteiger partial charge in [0.15, 0.2) is 0 Å². The van der Waals surface area contributed by atoms with Crippen molar-refractivity contribution in [2.24, 2.45) is 5.73 Å². The molecule has 0 spiro atoms. The first-order chi connectivity index (χ1) is 9.54. The minimum absolute atomic E-state index is 0.102. The van der Waals surface area contributed by atoms with Crippen molar-refractivity contribution in [1.82, 2.24) is 0 Å². The van der Waals surface area contributed by atoms with Gasteiger partial charge in [0.25, 0.3) is 0 Å². The predicted molar refractivity (Wildman–Crippen MR) is 84.7 cm³/mol. The maximum Gasteiger partial charge on any atom is 0.121 e. The summed E-state index contributed by atoms with van der Waals surface area (Å²) in [7, 11) is 0. The van der Waals surface area contributed by atoms with Crippen molar-refractivity contribution in [3.8, 4) is 5.75 Å². The number of benzene rings is 2. The number of nitrogens with two attached hydrogens (primary N) is 1. The van der Waals surface area contributed by atoms with Crippen LogP contribution >= 0.6 is 23.2 Å². The molecular weight excluding hydrogens is 293 g/mol. The fraction of sp³-hybridized carbons (Fsp3) is 0.250. The Kier molecular flexibility index (Phi) is 5.30. The Hall–Kier alpha value is -1.22. The third kappa shape index (κ3) is 4.41. The molecule has 0 saturated carbocycles. The summed E-state index contributed by atoms with van der Waals surface area (Å²) in [5.41, 5.74) is 7.32. The highest BCUT2D eigenvalue weighted by molar-refractivity contribution is 6.30. The lowest BCUT2D eigenvalue weighted by atomic mass is 10.0. The third-order valence-electron chi connectivity index (χ3n) is 3.11. The Balaban J connectivity index is 1.94. The molecule has 2 unspecified atom stereocenters. The summed E-state index contributed by atoms with van der Waals surface area (Å²) in [5, 5.41) is 1.38. The fourth-order valence-electron chi connectivity index (χ4n) is 1.90. The van der Waals surface area contributed by atoms with E-state index in [1.165, 1.54) is 0 Å². The SMILES string of the molecule is CC(Oc1cccc(Cl)c1)C(N)Cc1ccc(Cl)cc1. The number of ether oxygens (including phenoxy) is 1. The van der Waals surface area contributed by atoms with E-state index in [2.05, 4.69) is 0 Å². The van der Waals surface area contributed by atoms with Crippen LogP contribution in [0.2, 0.25) is 10.0 Å². The lowest BCUT2D eigenvalue weighted by Gasteiger charge is -2.21. The second kappa shape index (κ2) is 6.98. The molecular formula is C16H17Cl2NO. The minimum Gasteiger partial charge on any atom is -0.489 e. The molecule has 0 heterocycles. The Morgan fingerprint density at radius 2 is 1.75 bits per heavy atom. The van der Waals surface area contributed by atoms with Gasteiger partial charge in [-0.1, -0.05) is 41.4 Å². The van der Waals surface area contributed by atoms with Gasteiger partial charge in [-0.15, -0.1) is 0 Å². The lowest BCUT2D eigenvalue weighted by Crippen LogP contribution is -2.38. The molecule has 0 aliphatic rings. The highest BCUT2D eigenvalue weighted by atomic mass is 35.5. The van der Waals surface area contributed by atoms with Crippen LogP contribution in [-0.2, 0) is 6.42 Å². The van der Waals surface area contributed by atoms with Crippen LogP contribution in [0.1, 0.15) is 12.5 Å². The normalized spacial score (nSPS) is 13.8. The molecule has 0 saturated heterocycles. The standard InChI is InChI=1S/C16H17Cl2NO/c1-11(20-15-4-2-3-14(18)10-15)16(19)9-12-5-7-13(17)8-6-12/h2-8,10-11,16H,9,19H2,1H3. The molecule has 0 amide bonds. The molecule has 0 aromatic heterocycles. The maximum absolute atomic E-state index is 6.18. The summed E-state index contributed by atoms with van der Waals surface area (Å²) < 4.78 is 5.82. The van der Waals surface area contributed by atoms with Gasteiger partial charge in [0.1, 0.15) is 11.9 Å². The van der Waals surface area contributed by atoms with Gasteiger partial charge in [-0.05, 0) is 49.2 Å². The second-order valence-electron chi connectivity index (χ2n) is 4.77. The van der Waals surface area contributed by atoms with Gasteiger partial charge in [-0.3, -0.25) is 0 Å². The molecule has 2 aromatic carbocycles. The van der Waals surface area contributed by atoms with Crippen molar-refractivity contribution in [3.05, 3.63) is 64.1 Å². The van der Waals surface area contributed by atoms with Gasteiger partial charge in [-0.25, -0.2) is 0 Å². The Bertz CT molecular complexity index is 557. The van der Waals surface area contributed by atoms with Crippen molar-refractivity contribution in [1.29, 1.82) is 0 Å². The molecule has 2 nitrogen and oxygen atoms in total. The summed E-state index contributed by atoms with van der Waals surface area (Å²) in [4.78, 5) is 0. The van der Waals surface area contributed by atoms with Crippen LogP contribution in [0.3, 0.4) is 0 Å². The fourth-order valence-corrected chi connectivity index (χ4v) is 2.21. The smallest absolute Gasteiger partial charge is 0.121 e. The molecule has 20 heavy (non-hydrogen) atoms. The molecule has 4 heteroatoms. The number of halogens is 2. The molecule has 0 aliphatic carbocycles. The van der Waals surface area contributed by atoms with E-state index < -0.39 is 0 Å². The molecule has 0 fully saturated rings. The summed E-state index contributed by atoms with van der Waals surface area (Å²) in [6, 6.07) is 14.9. The van der Waals surface area contributed by atoms with E-state index in [4.69, 9.17) is 33.7 Å². The first-order valence-electron chi connectivity index (χ1n) is 6.47. The van der Waals surface area contributed by atoms with E-state index in [9.17, 15) is 0 Å². The Labute approximate surface area is 129 Å². The van der Waals surface area contributed by atoms with Crippen molar-refractivity contribution in [2.45, 2.75) is 25.5 Å². The van der Waals surface area contributed by atoms with Crippen LogP contribution < -0.4 is 10.5 Å². The highest BCUT2D eigenvalue weighted by Crippen LogP contribution is 2.19. The van der Waals surface area contributed by atoms with Gasteiger partial charge < -0.3 is 10.5 Å². The molecule has 106 valence electrons. The minimum atomic E-state index is -0.107. The molecule has 2 atom stereocenters. The molecule has 2 rings (SSSR count). The topological polar surface area (TPSA) is 35.2 Å². The number of hydrogen-bond donors (Lipinski definition) is 1. The summed E-state index contributed by atoms with van der Waals surface area (Å²) in [5.74, 6) is 0.733. The summed E-state index contributed by atoms with van der Waals surface area (Å²) in [6.07, 6.45) is 0.628. The van der Waals surface area contributed by atoms with E-state index >= 15 is 0 Å². The van der Waals surface area contributed by atoms with Gasteiger partial charge in [-0.2, -0.15) is 0 Å². The monoisotopic (exact) mass is 309 g/mol. The molecule has 2 aromatic rings. The van der Waals surface area contributed by atoms with Gasteiger partial charge >= 0.3 is 0 Å². The third-order valence-corrected chi connectivity index (χ3v) is 3.59. The van der Waals surface area contributed by atoms with Crippen molar-refractivity contribution in [2.75, 3.05) is 0 Å². The van der Waals surface area contributed by atoms with Crippen molar-refractivity contribution in [3.63, 3.8) is 0 Å². The largest absolute Gasteiger partial charge is 0.489 e. The number of rotatable bonds is 5. The molecule has 0 aliphatic heterocycles. The van der Waals surface area contributed by atoms with Crippen molar-refractivity contribution < 1.29 is 4.74 Å². The average Bonchev–Trinajstić information content (AvgIpc) is 2.41. The van der Waals surface area contributed by atoms with E-state index in [1.807, 2.05) is 49.4 Å². The van der Waals surface area contributed by atoms with Crippen LogP contribution in [-0.4, -0.2) is 12.1 Å². The summed E-state index contributed by atoms with van der Waals surface area (Å²) >= 11 is 11.8. The average molecular weight is 310 g/mol. The zero-order valence-corrected chi connectivity index (χ0v) is 12.7. The second-order valence-corrected chi connectivity index (χ2v) is 5.65. The van der Waals surface area contributed by atoms with Crippen LogP contribution in [0.25, 0.3) is 0 Å². The quantitative estimate of drug-likeness (QED) is 0.892. The van der Waals surface area contributed by atoms with Gasteiger partial charge in [0.05, 0.1) is 0 Å². The lowest BCUT2D eigenvalue weighted by molar-refractivity contribution is 0.189. The van der Waals surface area contributed by atoms with Crippen LogP contribution in [0, 0.1) is 0 Å². The maximum atomic E-state index is 6.18. The Morgan fingerprint density at radius 3 is 2.40 bits per heavy atom. The molecule has 0 bridgehead atoms. The van der Waals surface area contributed by atoms with Crippen LogP contribution in [0.15, 0.2) is 48.5 Å². The Morgan fingerprint density at radius 1 is 1.05 bits per heavy atom. The van der Waals surface area contributed by atoms with E-state index in [0.29, 0.717) is 5.02 Å². The van der Waals surface area contributed by atoms with Crippen LogP contribution in [0.5, 0.6) is 5.75 Å². The summed E-state index contributed by atoms with van der Waals surface area (Å²) in [6.45, 7) is 1.96. The first-order valence-corrected chi connectivity index (χ1v) is 7.22. The molecule has 2 N–H and O–H groups in total.